The van der Waals surface area contributed by atoms with Crippen molar-refractivity contribution in [1.29, 1.82) is 0 Å². The molecule has 1 fully saturated rings. The van der Waals surface area contributed by atoms with Crippen LogP contribution in [-0.2, 0) is 11.2 Å². The van der Waals surface area contributed by atoms with Crippen LogP contribution in [0, 0.1) is 6.92 Å². The standard InChI is InChI=1S/C16H20N4O2/c1-12-3-2-4-15(19-12)20-7-8-22-14(10-20)6-5-13-9-16(21)18-11-17-13/h2-4,9,11,14H,5-8,10H2,1H3,(H,17,18,21)/t14-/m1/s1. The lowest BCUT2D eigenvalue weighted by Crippen LogP contribution is -2.43. The highest BCUT2D eigenvalue weighted by molar-refractivity contribution is 5.39. The SMILES string of the molecule is Cc1cccc(N2CCO[C@H](CCc3cc(=O)[nH]cn3)C2)n1. The van der Waals surface area contributed by atoms with Crippen molar-refractivity contribution in [3.63, 3.8) is 0 Å². The molecule has 0 unspecified atom stereocenters. The Bertz CT molecular complexity index is 686. The Labute approximate surface area is 129 Å². The minimum atomic E-state index is -0.111. The molecule has 3 heterocycles. The summed E-state index contributed by atoms with van der Waals surface area (Å²) < 4.78 is 5.83. The molecule has 0 aromatic carbocycles. The third-order valence-corrected chi connectivity index (χ3v) is 3.79. The topological polar surface area (TPSA) is 71.1 Å². The monoisotopic (exact) mass is 300 g/mol. The van der Waals surface area contributed by atoms with E-state index in [9.17, 15) is 4.79 Å². The molecular formula is C16H20N4O2. The molecule has 2 aromatic rings. The van der Waals surface area contributed by atoms with E-state index < -0.39 is 0 Å². The Kier molecular flexibility index (Phi) is 4.48. The van der Waals surface area contributed by atoms with Crippen LogP contribution in [0.1, 0.15) is 17.8 Å². The number of H-pyrrole nitrogens is 1. The van der Waals surface area contributed by atoms with Gasteiger partial charge in [-0.3, -0.25) is 4.79 Å². The molecule has 6 nitrogen and oxygen atoms in total. The first-order chi connectivity index (χ1) is 10.7. The van der Waals surface area contributed by atoms with E-state index >= 15 is 0 Å². The number of anilines is 1. The lowest BCUT2D eigenvalue weighted by Gasteiger charge is -2.33. The summed E-state index contributed by atoms with van der Waals surface area (Å²) in [4.78, 5) is 24.8. The Morgan fingerprint density at radius 1 is 1.45 bits per heavy atom. The number of aromatic amines is 1. The molecule has 1 aliphatic rings. The van der Waals surface area contributed by atoms with Gasteiger partial charge in [0, 0.05) is 30.5 Å². The summed E-state index contributed by atoms with van der Waals surface area (Å²) in [5.41, 5.74) is 1.71. The quantitative estimate of drug-likeness (QED) is 0.922. The van der Waals surface area contributed by atoms with E-state index in [1.54, 1.807) is 6.07 Å². The van der Waals surface area contributed by atoms with Crippen LogP contribution in [-0.4, -0.2) is 40.8 Å². The summed E-state index contributed by atoms with van der Waals surface area (Å²) >= 11 is 0. The van der Waals surface area contributed by atoms with Gasteiger partial charge in [0.15, 0.2) is 0 Å². The first-order valence-corrected chi connectivity index (χ1v) is 7.54. The number of rotatable bonds is 4. The smallest absolute Gasteiger partial charge is 0.250 e. The molecule has 3 rings (SSSR count). The zero-order valence-electron chi connectivity index (χ0n) is 12.7. The normalized spacial score (nSPS) is 18.4. The maximum Gasteiger partial charge on any atom is 0.250 e. The van der Waals surface area contributed by atoms with Gasteiger partial charge in [0.1, 0.15) is 5.82 Å². The molecule has 0 radical (unpaired) electrons. The van der Waals surface area contributed by atoms with Gasteiger partial charge in [-0.1, -0.05) is 6.07 Å². The minimum Gasteiger partial charge on any atom is -0.375 e. The van der Waals surface area contributed by atoms with Crippen LogP contribution >= 0.6 is 0 Å². The summed E-state index contributed by atoms with van der Waals surface area (Å²) in [7, 11) is 0. The molecule has 1 aliphatic heterocycles. The molecule has 116 valence electrons. The second kappa shape index (κ2) is 6.70. The lowest BCUT2D eigenvalue weighted by molar-refractivity contribution is 0.0350. The molecule has 1 atom stereocenters. The fraction of sp³-hybridized carbons (Fsp3) is 0.438. The maximum atomic E-state index is 11.3. The van der Waals surface area contributed by atoms with Crippen LogP contribution in [0.2, 0.25) is 0 Å². The van der Waals surface area contributed by atoms with Crippen molar-refractivity contribution in [2.24, 2.45) is 0 Å². The summed E-state index contributed by atoms with van der Waals surface area (Å²) in [6.07, 6.45) is 3.17. The van der Waals surface area contributed by atoms with Crippen molar-refractivity contribution in [2.75, 3.05) is 24.6 Å². The van der Waals surface area contributed by atoms with Gasteiger partial charge in [0.2, 0.25) is 0 Å². The maximum absolute atomic E-state index is 11.3. The van der Waals surface area contributed by atoms with Crippen LogP contribution in [0.25, 0.3) is 0 Å². The molecule has 2 aromatic heterocycles. The Hall–Kier alpha value is -2.21. The molecule has 0 aliphatic carbocycles. The predicted octanol–water partition coefficient (Wildman–Crippen LogP) is 1.31. The van der Waals surface area contributed by atoms with Crippen molar-refractivity contribution in [1.82, 2.24) is 15.0 Å². The van der Waals surface area contributed by atoms with Crippen LogP contribution in [0.4, 0.5) is 5.82 Å². The second-order valence-electron chi connectivity index (χ2n) is 5.52. The van der Waals surface area contributed by atoms with E-state index in [1.807, 2.05) is 25.1 Å². The largest absolute Gasteiger partial charge is 0.375 e. The van der Waals surface area contributed by atoms with Gasteiger partial charge in [-0.2, -0.15) is 0 Å². The zero-order valence-corrected chi connectivity index (χ0v) is 12.7. The molecule has 22 heavy (non-hydrogen) atoms. The summed E-state index contributed by atoms with van der Waals surface area (Å²) in [6, 6.07) is 7.61. The van der Waals surface area contributed by atoms with Crippen molar-refractivity contribution < 1.29 is 4.74 Å². The van der Waals surface area contributed by atoms with Gasteiger partial charge in [-0.25, -0.2) is 9.97 Å². The third-order valence-electron chi connectivity index (χ3n) is 3.79. The van der Waals surface area contributed by atoms with E-state index in [0.29, 0.717) is 6.61 Å². The van der Waals surface area contributed by atoms with Gasteiger partial charge >= 0.3 is 0 Å². The average molecular weight is 300 g/mol. The number of morpholine rings is 1. The Morgan fingerprint density at radius 3 is 3.18 bits per heavy atom. The number of hydrogen-bond acceptors (Lipinski definition) is 5. The van der Waals surface area contributed by atoms with Crippen molar-refractivity contribution in [3.05, 3.63) is 52.3 Å². The van der Waals surface area contributed by atoms with Crippen LogP contribution < -0.4 is 10.5 Å². The van der Waals surface area contributed by atoms with E-state index in [2.05, 4.69) is 19.9 Å². The number of nitrogens with one attached hydrogen (secondary N) is 1. The number of ether oxygens (including phenoxy) is 1. The predicted molar refractivity (Wildman–Crippen MR) is 84.1 cm³/mol. The number of aromatic nitrogens is 3. The third kappa shape index (κ3) is 3.71. The fourth-order valence-electron chi connectivity index (χ4n) is 2.66. The van der Waals surface area contributed by atoms with Gasteiger partial charge in [-0.15, -0.1) is 0 Å². The van der Waals surface area contributed by atoms with Crippen molar-refractivity contribution >= 4 is 5.82 Å². The lowest BCUT2D eigenvalue weighted by atomic mass is 10.1. The van der Waals surface area contributed by atoms with Crippen LogP contribution in [0.5, 0.6) is 0 Å². The van der Waals surface area contributed by atoms with Crippen molar-refractivity contribution in [2.45, 2.75) is 25.9 Å². The van der Waals surface area contributed by atoms with Crippen molar-refractivity contribution in [3.8, 4) is 0 Å². The van der Waals surface area contributed by atoms with Crippen LogP contribution in [0.3, 0.4) is 0 Å². The minimum absolute atomic E-state index is 0.111. The average Bonchev–Trinajstić information content (AvgIpc) is 2.53. The van der Waals surface area contributed by atoms with E-state index in [4.69, 9.17) is 4.74 Å². The molecule has 0 saturated carbocycles. The molecule has 0 bridgehead atoms. The van der Waals surface area contributed by atoms with E-state index in [1.165, 1.54) is 6.33 Å². The zero-order chi connectivity index (χ0) is 15.4. The first-order valence-electron chi connectivity index (χ1n) is 7.54. The fourth-order valence-corrected chi connectivity index (χ4v) is 2.66. The number of aryl methyl sites for hydroxylation is 2. The molecule has 0 amide bonds. The van der Waals surface area contributed by atoms with Gasteiger partial charge in [0.05, 0.1) is 19.0 Å². The molecular weight excluding hydrogens is 280 g/mol. The highest BCUT2D eigenvalue weighted by Crippen LogP contribution is 2.17. The molecule has 1 saturated heterocycles. The molecule has 0 spiro atoms. The van der Waals surface area contributed by atoms with E-state index in [0.717, 1.165) is 43.1 Å². The Morgan fingerprint density at radius 2 is 2.36 bits per heavy atom. The molecule has 6 heteroatoms. The molecule has 1 N–H and O–H groups in total. The first kappa shape index (κ1) is 14.7. The number of hydrogen-bond donors (Lipinski definition) is 1. The van der Waals surface area contributed by atoms with E-state index in [-0.39, 0.29) is 11.7 Å². The number of pyridine rings is 1. The highest BCUT2D eigenvalue weighted by atomic mass is 16.5. The van der Waals surface area contributed by atoms with Gasteiger partial charge in [0.25, 0.3) is 5.56 Å². The van der Waals surface area contributed by atoms with Gasteiger partial charge < -0.3 is 14.6 Å². The van der Waals surface area contributed by atoms with Crippen LogP contribution in [0.15, 0.2) is 35.4 Å². The summed E-state index contributed by atoms with van der Waals surface area (Å²) in [5.74, 6) is 1.00. The summed E-state index contributed by atoms with van der Waals surface area (Å²) in [6.45, 7) is 4.37. The second-order valence-corrected chi connectivity index (χ2v) is 5.52. The Balaban J connectivity index is 1.60. The van der Waals surface area contributed by atoms with Gasteiger partial charge in [-0.05, 0) is 31.9 Å². The number of nitrogens with zero attached hydrogens (tertiary/aromatic N) is 3. The highest BCUT2D eigenvalue weighted by Gasteiger charge is 2.21. The summed E-state index contributed by atoms with van der Waals surface area (Å²) in [5, 5.41) is 0.